The van der Waals surface area contributed by atoms with Crippen molar-refractivity contribution in [1.29, 1.82) is 0 Å². The zero-order valence-corrected chi connectivity index (χ0v) is 14.0. The molecular formula is C16H15BrN2O4. The number of nitro benzene ring substituents is 1. The van der Waals surface area contributed by atoms with Crippen LogP contribution in [0.15, 0.2) is 46.9 Å². The monoisotopic (exact) mass is 378 g/mol. The number of amides is 1. The first-order valence-corrected chi connectivity index (χ1v) is 7.65. The van der Waals surface area contributed by atoms with Crippen LogP contribution in [0.2, 0.25) is 0 Å². The highest BCUT2D eigenvalue weighted by Gasteiger charge is 2.11. The summed E-state index contributed by atoms with van der Waals surface area (Å²) in [5.74, 6) is 0.614. The Labute approximate surface area is 141 Å². The van der Waals surface area contributed by atoms with Gasteiger partial charge in [0.05, 0.1) is 17.7 Å². The van der Waals surface area contributed by atoms with E-state index >= 15 is 0 Å². The zero-order chi connectivity index (χ0) is 16.8. The number of nitrogens with one attached hydrogen (secondary N) is 1. The van der Waals surface area contributed by atoms with Crippen molar-refractivity contribution >= 4 is 33.2 Å². The predicted molar refractivity (Wildman–Crippen MR) is 90.7 cm³/mol. The summed E-state index contributed by atoms with van der Waals surface area (Å²) in [7, 11) is 1.60. The Morgan fingerprint density at radius 1 is 1.26 bits per heavy atom. The summed E-state index contributed by atoms with van der Waals surface area (Å²) >= 11 is 3.22. The summed E-state index contributed by atoms with van der Waals surface area (Å²) in [6.07, 6.45) is 0.913. The van der Waals surface area contributed by atoms with Gasteiger partial charge in [0, 0.05) is 23.0 Å². The lowest BCUT2D eigenvalue weighted by Gasteiger charge is -2.08. The van der Waals surface area contributed by atoms with Crippen molar-refractivity contribution in [2.75, 3.05) is 12.4 Å². The van der Waals surface area contributed by atoms with Crippen LogP contribution in [0, 0.1) is 10.1 Å². The van der Waals surface area contributed by atoms with Crippen LogP contribution in [0.4, 0.5) is 11.4 Å². The molecule has 0 aromatic heterocycles. The fourth-order valence-corrected chi connectivity index (χ4v) is 2.45. The molecule has 2 rings (SSSR count). The van der Waals surface area contributed by atoms with Crippen molar-refractivity contribution in [3.63, 3.8) is 0 Å². The maximum absolute atomic E-state index is 12.0. The summed E-state index contributed by atoms with van der Waals surface area (Å²) < 4.78 is 5.56. The number of halogens is 1. The van der Waals surface area contributed by atoms with Crippen LogP contribution in [-0.2, 0) is 11.2 Å². The Bertz CT molecular complexity index is 717. The number of aryl methyl sites for hydroxylation is 1. The minimum absolute atomic E-state index is 0.0342. The Kier molecular flexibility index (Phi) is 5.70. The fraction of sp³-hybridized carbons (Fsp3) is 0.188. The van der Waals surface area contributed by atoms with Crippen molar-refractivity contribution in [3.8, 4) is 5.75 Å². The van der Waals surface area contributed by atoms with E-state index in [1.807, 2.05) is 24.3 Å². The van der Waals surface area contributed by atoms with Gasteiger partial charge >= 0.3 is 0 Å². The van der Waals surface area contributed by atoms with Crippen LogP contribution in [0.5, 0.6) is 5.75 Å². The Hall–Kier alpha value is -2.41. The van der Waals surface area contributed by atoms with Gasteiger partial charge in [0.25, 0.3) is 5.69 Å². The van der Waals surface area contributed by atoms with Crippen molar-refractivity contribution in [1.82, 2.24) is 0 Å². The highest BCUT2D eigenvalue weighted by Crippen LogP contribution is 2.27. The summed E-state index contributed by atoms with van der Waals surface area (Å²) in [6.45, 7) is 0. The van der Waals surface area contributed by atoms with E-state index in [4.69, 9.17) is 4.74 Å². The van der Waals surface area contributed by atoms with Crippen molar-refractivity contribution in [2.45, 2.75) is 12.8 Å². The molecule has 0 heterocycles. The number of ether oxygens (including phenoxy) is 1. The largest absolute Gasteiger partial charge is 0.497 e. The van der Waals surface area contributed by atoms with Gasteiger partial charge in [-0.05, 0) is 46.1 Å². The van der Waals surface area contributed by atoms with Gasteiger partial charge in [-0.2, -0.15) is 0 Å². The first kappa shape index (κ1) is 17.0. The van der Waals surface area contributed by atoms with E-state index < -0.39 is 4.92 Å². The SMILES string of the molecule is COc1ccc(CCC(=O)Nc2ccc([N+](=O)[O-])cc2Br)cc1. The Morgan fingerprint density at radius 2 is 1.96 bits per heavy atom. The van der Waals surface area contributed by atoms with Crippen molar-refractivity contribution in [3.05, 3.63) is 62.6 Å². The maximum atomic E-state index is 12.0. The minimum atomic E-state index is -0.486. The van der Waals surface area contributed by atoms with Crippen molar-refractivity contribution in [2.24, 2.45) is 0 Å². The molecule has 0 unspecified atom stereocenters. The number of benzene rings is 2. The molecule has 0 aliphatic carbocycles. The van der Waals surface area contributed by atoms with Crippen LogP contribution in [-0.4, -0.2) is 17.9 Å². The van der Waals surface area contributed by atoms with Crippen LogP contribution >= 0.6 is 15.9 Å². The van der Waals surface area contributed by atoms with Gasteiger partial charge in [0.2, 0.25) is 5.91 Å². The van der Waals surface area contributed by atoms with Gasteiger partial charge in [-0.25, -0.2) is 0 Å². The molecule has 0 spiro atoms. The molecule has 0 atom stereocenters. The normalized spacial score (nSPS) is 10.2. The van der Waals surface area contributed by atoms with E-state index in [-0.39, 0.29) is 11.6 Å². The van der Waals surface area contributed by atoms with Gasteiger partial charge in [-0.15, -0.1) is 0 Å². The average Bonchev–Trinajstić information content (AvgIpc) is 2.55. The molecule has 2 aromatic rings. The molecule has 1 N–H and O–H groups in total. The molecule has 2 aromatic carbocycles. The second-order valence-electron chi connectivity index (χ2n) is 4.82. The number of nitro groups is 1. The molecule has 23 heavy (non-hydrogen) atoms. The van der Waals surface area contributed by atoms with Gasteiger partial charge in [-0.1, -0.05) is 12.1 Å². The number of carbonyl (C=O) groups excluding carboxylic acids is 1. The lowest BCUT2D eigenvalue weighted by molar-refractivity contribution is -0.384. The molecule has 0 aliphatic rings. The maximum Gasteiger partial charge on any atom is 0.270 e. The predicted octanol–water partition coefficient (Wildman–Crippen LogP) is 3.94. The molecule has 120 valence electrons. The fourth-order valence-electron chi connectivity index (χ4n) is 1.98. The smallest absolute Gasteiger partial charge is 0.270 e. The summed E-state index contributed by atoms with van der Waals surface area (Å²) in [4.78, 5) is 22.2. The molecule has 0 saturated heterocycles. The first-order valence-electron chi connectivity index (χ1n) is 6.86. The molecule has 6 nitrogen and oxygen atoms in total. The molecule has 0 aliphatic heterocycles. The molecule has 0 saturated carbocycles. The van der Waals surface area contributed by atoms with E-state index in [1.165, 1.54) is 18.2 Å². The van der Waals surface area contributed by atoms with Crippen LogP contribution in [0.3, 0.4) is 0 Å². The summed E-state index contributed by atoms with van der Waals surface area (Å²) in [5, 5.41) is 13.4. The van der Waals surface area contributed by atoms with Gasteiger partial charge in [0.15, 0.2) is 0 Å². The molecule has 1 amide bonds. The highest BCUT2D eigenvalue weighted by atomic mass is 79.9. The van der Waals surface area contributed by atoms with Crippen LogP contribution in [0.25, 0.3) is 0 Å². The van der Waals surface area contributed by atoms with E-state index in [0.717, 1.165) is 11.3 Å². The number of rotatable bonds is 6. The third-order valence-corrected chi connectivity index (χ3v) is 3.89. The number of anilines is 1. The van der Waals surface area contributed by atoms with Gasteiger partial charge in [0.1, 0.15) is 5.75 Å². The second kappa shape index (κ2) is 7.73. The molecule has 0 fully saturated rings. The first-order chi connectivity index (χ1) is 11.0. The summed E-state index contributed by atoms with van der Waals surface area (Å²) in [6, 6.07) is 11.7. The third-order valence-electron chi connectivity index (χ3n) is 3.24. The molecule has 0 bridgehead atoms. The Balaban J connectivity index is 1.92. The standard InChI is InChI=1S/C16H15BrN2O4/c1-23-13-6-2-11(3-7-13)4-9-16(20)18-15-8-5-12(19(21)22)10-14(15)17/h2-3,5-8,10H,4,9H2,1H3,(H,18,20). The third kappa shape index (κ3) is 4.79. The van der Waals surface area contributed by atoms with Gasteiger partial charge < -0.3 is 10.1 Å². The van der Waals surface area contributed by atoms with Crippen LogP contribution in [0.1, 0.15) is 12.0 Å². The summed E-state index contributed by atoms with van der Waals surface area (Å²) in [5.41, 5.74) is 1.51. The second-order valence-corrected chi connectivity index (χ2v) is 5.67. The number of non-ortho nitro benzene ring substituents is 1. The molecular weight excluding hydrogens is 364 g/mol. The topological polar surface area (TPSA) is 81.5 Å². The minimum Gasteiger partial charge on any atom is -0.497 e. The zero-order valence-electron chi connectivity index (χ0n) is 12.4. The Morgan fingerprint density at radius 3 is 2.52 bits per heavy atom. The quantitative estimate of drug-likeness (QED) is 0.609. The van der Waals surface area contributed by atoms with Gasteiger partial charge in [-0.3, -0.25) is 14.9 Å². The highest BCUT2D eigenvalue weighted by molar-refractivity contribution is 9.10. The van der Waals surface area contributed by atoms with E-state index in [2.05, 4.69) is 21.2 Å². The number of hydrogen-bond donors (Lipinski definition) is 1. The number of carbonyl (C=O) groups is 1. The lowest BCUT2D eigenvalue weighted by atomic mass is 10.1. The van der Waals surface area contributed by atoms with Crippen LogP contribution < -0.4 is 10.1 Å². The number of nitrogens with zero attached hydrogens (tertiary/aromatic N) is 1. The number of hydrogen-bond acceptors (Lipinski definition) is 4. The average molecular weight is 379 g/mol. The van der Waals surface area contributed by atoms with E-state index in [9.17, 15) is 14.9 Å². The molecule has 0 radical (unpaired) electrons. The molecule has 7 heteroatoms. The lowest BCUT2D eigenvalue weighted by Crippen LogP contribution is -2.12. The van der Waals surface area contributed by atoms with E-state index in [0.29, 0.717) is 23.0 Å². The van der Waals surface area contributed by atoms with E-state index in [1.54, 1.807) is 7.11 Å². The van der Waals surface area contributed by atoms with Crippen molar-refractivity contribution < 1.29 is 14.5 Å². The number of methoxy groups -OCH3 is 1.